The minimum atomic E-state index is -0.984. The number of hydrogen-bond donors (Lipinski definition) is 2. The van der Waals surface area contributed by atoms with Crippen LogP contribution in [-0.2, 0) is 9.59 Å². The molecule has 3 rings (SSSR count). The van der Waals surface area contributed by atoms with Gasteiger partial charge in [0.05, 0.1) is 17.5 Å². The number of carboxylic acid groups (broad SMARTS) is 1. The highest BCUT2D eigenvalue weighted by Gasteiger charge is 2.54. The van der Waals surface area contributed by atoms with Crippen LogP contribution in [0.25, 0.3) is 0 Å². The largest absolute Gasteiger partial charge is 0.481 e. The van der Waals surface area contributed by atoms with Crippen LogP contribution in [-0.4, -0.2) is 17.0 Å². The Labute approximate surface area is 120 Å². The maximum absolute atomic E-state index is 13.6. The van der Waals surface area contributed by atoms with Crippen LogP contribution in [0.5, 0.6) is 0 Å². The lowest BCUT2D eigenvalue weighted by atomic mass is 9.78. The molecular formula is C15H15F2NO3. The first-order valence-corrected chi connectivity index (χ1v) is 6.96. The van der Waals surface area contributed by atoms with E-state index in [9.17, 15) is 23.5 Å². The maximum atomic E-state index is 13.6. The van der Waals surface area contributed by atoms with Crippen molar-refractivity contribution in [3.05, 3.63) is 29.8 Å². The summed E-state index contributed by atoms with van der Waals surface area (Å²) in [7, 11) is 0. The van der Waals surface area contributed by atoms with E-state index >= 15 is 0 Å². The summed E-state index contributed by atoms with van der Waals surface area (Å²) in [6.45, 7) is 0. The van der Waals surface area contributed by atoms with Crippen LogP contribution in [0.2, 0.25) is 0 Å². The lowest BCUT2D eigenvalue weighted by Gasteiger charge is -2.27. The maximum Gasteiger partial charge on any atom is 0.307 e. The number of amides is 1. The van der Waals surface area contributed by atoms with Crippen molar-refractivity contribution in [2.75, 3.05) is 5.32 Å². The van der Waals surface area contributed by atoms with E-state index in [4.69, 9.17) is 0 Å². The Morgan fingerprint density at radius 3 is 2.48 bits per heavy atom. The second-order valence-electron chi connectivity index (χ2n) is 5.84. The van der Waals surface area contributed by atoms with Crippen molar-refractivity contribution in [3.8, 4) is 0 Å². The highest BCUT2D eigenvalue weighted by Crippen LogP contribution is 2.52. The third-order valence-electron chi connectivity index (χ3n) is 4.69. The number of halogens is 2. The van der Waals surface area contributed by atoms with E-state index < -0.39 is 35.3 Å². The molecule has 112 valence electrons. The first-order valence-electron chi connectivity index (χ1n) is 6.96. The quantitative estimate of drug-likeness (QED) is 0.901. The normalized spacial score (nSPS) is 30.4. The van der Waals surface area contributed by atoms with Crippen molar-refractivity contribution in [2.24, 2.45) is 23.7 Å². The summed E-state index contributed by atoms with van der Waals surface area (Å²) < 4.78 is 26.7. The van der Waals surface area contributed by atoms with Crippen molar-refractivity contribution < 1.29 is 23.5 Å². The van der Waals surface area contributed by atoms with Gasteiger partial charge >= 0.3 is 5.97 Å². The number of carboxylic acids is 1. The Hall–Kier alpha value is -1.98. The fourth-order valence-electron chi connectivity index (χ4n) is 3.83. The molecule has 21 heavy (non-hydrogen) atoms. The van der Waals surface area contributed by atoms with Gasteiger partial charge in [-0.3, -0.25) is 9.59 Å². The van der Waals surface area contributed by atoms with Crippen LogP contribution in [0.4, 0.5) is 14.5 Å². The Bertz CT molecular complexity index is 605. The molecule has 0 unspecified atom stereocenters. The van der Waals surface area contributed by atoms with E-state index in [1.807, 2.05) is 0 Å². The highest BCUT2D eigenvalue weighted by atomic mass is 19.1. The van der Waals surface area contributed by atoms with E-state index in [1.165, 1.54) is 0 Å². The molecular weight excluding hydrogens is 280 g/mol. The van der Waals surface area contributed by atoms with Gasteiger partial charge in [-0.15, -0.1) is 0 Å². The SMILES string of the molecule is O=C(O)[C@H]1[C@H]2CC[C@@H](C2)[C@@H]1C(=O)Nc1cc(F)ccc1F. The van der Waals surface area contributed by atoms with E-state index in [-0.39, 0.29) is 17.5 Å². The van der Waals surface area contributed by atoms with Gasteiger partial charge in [0, 0.05) is 6.07 Å². The number of rotatable bonds is 3. The van der Waals surface area contributed by atoms with Crippen molar-refractivity contribution in [3.63, 3.8) is 0 Å². The van der Waals surface area contributed by atoms with E-state index in [1.54, 1.807) is 0 Å². The van der Waals surface area contributed by atoms with Gasteiger partial charge in [0.15, 0.2) is 0 Å². The fraction of sp³-hybridized carbons (Fsp3) is 0.467. The zero-order chi connectivity index (χ0) is 15.1. The molecule has 2 aliphatic rings. The lowest BCUT2D eigenvalue weighted by molar-refractivity contribution is -0.148. The van der Waals surface area contributed by atoms with Crippen LogP contribution in [0.15, 0.2) is 18.2 Å². The van der Waals surface area contributed by atoms with Crippen molar-refractivity contribution in [1.29, 1.82) is 0 Å². The monoisotopic (exact) mass is 295 g/mol. The minimum Gasteiger partial charge on any atom is -0.481 e. The average molecular weight is 295 g/mol. The summed E-state index contributed by atoms with van der Waals surface area (Å²) in [5.41, 5.74) is -0.244. The van der Waals surface area contributed by atoms with Crippen LogP contribution in [0, 0.1) is 35.3 Å². The summed E-state index contributed by atoms with van der Waals surface area (Å²) in [6.07, 6.45) is 2.36. The molecule has 0 heterocycles. The van der Waals surface area contributed by atoms with Gasteiger partial charge in [0.1, 0.15) is 11.6 Å². The van der Waals surface area contributed by atoms with Crippen LogP contribution in [0.3, 0.4) is 0 Å². The highest BCUT2D eigenvalue weighted by molar-refractivity contribution is 5.96. The summed E-state index contributed by atoms with van der Waals surface area (Å²) >= 11 is 0. The molecule has 6 heteroatoms. The van der Waals surface area contributed by atoms with Gasteiger partial charge in [-0.25, -0.2) is 8.78 Å². The smallest absolute Gasteiger partial charge is 0.307 e. The Morgan fingerprint density at radius 1 is 1.14 bits per heavy atom. The Morgan fingerprint density at radius 2 is 1.81 bits per heavy atom. The molecule has 2 fully saturated rings. The first kappa shape index (κ1) is 14.0. The molecule has 0 saturated heterocycles. The van der Waals surface area contributed by atoms with Crippen molar-refractivity contribution >= 4 is 17.6 Å². The summed E-state index contributed by atoms with van der Waals surface area (Å²) in [5, 5.41) is 11.7. The number of nitrogens with one attached hydrogen (secondary N) is 1. The van der Waals surface area contributed by atoms with Gasteiger partial charge in [-0.1, -0.05) is 0 Å². The van der Waals surface area contributed by atoms with E-state index in [0.717, 1.165) is 37.5 Å². The molecule has 0 aromatic heterocycles. The Balaban J connectivity index is 1.81. The molecule has 1 aromatic rings. The van der Waals surface area contributed by atoms with Gasteiger partial charge in [-0.05, 0) is 43.2 Å². The van der Waals surface area contributed by atoms with E-state index in [0.29, 0.717) is 0 Å². The predicted molar refractivity (Wildman–Crippen MR) is 70.4 cm³/mol. The molecule has 4 atom stereocenters. The van der Waals surface area contributed by atoms with Gasteiger partial charge in [0.2, 0.25) is 5.91 Å². The zero-order valence-electron chi connectivity index (χ0n) is 11.2. The topological polar surface area (TPSA) is 66.4 Å². The molecule has 2 N–H and O–H groups in total. The standard InChI is InChI=1S/C15H15F2NO3/c16-9-3-4-10(17)11(6-9)18-14(19)12-7-1-2-8(5-7)13(12)15(20)21/h3-4,6-8,12-13H,1-2,5H2,(H,18,19)(H,20,21)/t7-,8-,12-,13-/m0/s1. The third kappa shape index (κ3) is 2.39. The molecule has 0 radical (unpaired) electrons. The first-order chi connectivity index (χ1) is 9.97. The number of hydrogen-bond acceptors (Lipinski definition) is 2. The number of anilines is 1. The second-order valence-corrected chi connectivity index (χ2v) is 5.84. The van der Waals surface area contributed by atoms with Gasteiger partial charge in [0.25, 0.3) is 0 Å². The van der Waals surface area contributed by atoms with Crippen LogP contribution >= 0.6 is 0 Å². The molecule has 0 aliphatic heterocycles. The van der Waals surface area contributed by atoms with Crippen molar-refractivity contribution in [2.45, 2.75) is 19.3 Å². The Kier molecular flexibility index (Phi) is 3.39. The van der Waals surface area contributed by atoms with Crippen molar-refractivity contribution in [1.82, 2.24) is 0 Å². The molecule has 0 spiro atoms. The summed E-state index contributed by atoms with van der Waals surface area (Å²) in [4.78, 5) is 23.7. The average Bonchev–Trinajstić information content (AvgIpc) is 3.03. The molecule has 2 bridgehead atoms. The van der Waals surface area contributed by atoms with E-state index in [2.05, 4.69) is 5.32 Å². The molecule has 4 nitrogen and oxygen atoms in total. The lowest BCUT2D eigenvalue weighted by Crippen LogP contribution is -2.38. The third-order valence-corrected chi connectivity index (χ3v) is 4.69. The molecule has 2 saturated carbocycles. The summed E-state index contributed by atoms with van der Waals surface area (Å²) in [6, 6.07) is 2.79. The number of aliphatic carboxylic acids is 1. The molecule has 1 aromatic carbocycles. The van der Waals surface area contributed by atoms with Gasteiger partial charge < -0.3 is 10.4 Å². The number of carbonyl (C=O) groups excluding carboxylic acids is 1. The zero-order valence-corrected chi connectivity index (χ0v) is 11.2. The minimum absolute atomic E-state index is 0.0145. The number of carbonyl (C=O) groups is 2. The molecule has 1 amide bonds. The van der Waals surface area contributed by atoms with Crippen LogP contribution < -0.4 is 5.32 Å². The predicted octanol–water partition coefficient (Wildman–Crippen LogP) is 2.65. The van der Waals surface area contributed by atoms with Gasteiger partial charge in [-0.2, -0.15) is 0 Å². The number of fused-ring (bicyclic) bond motifs is 2. The second kappa shape index (κ2) is 5.09. The van der Waals surface area contributed by atoms with Crippen LogP contribution in [0.1, 0.15) is 19.3 Å². The number of benzene rings is 1. The summed E-state index contributed by atoms with van der Waals surface area (Å²) in [5.74, 6) is -4.26. The molecule has 2 aliphatic carbocycles. The fourth-order valence-corrected chi connectivity index (χ4v) is 3.83.